The number of anilines is 1. The Hall–Kier alpha value is -0.580. The number of rotatable bonds is 6. The fourth-order valence-electron chi connectivity index (χ4n) is 2.83. The Labute approximate surface area is 131 Å². The van der Waals surface area contributed by atoms with Gasteiger partial charge in [-0.15, -0.1) is 0 Å². The summed E-state index contributed by atoms with van der Waals surface area (Å²) in [5.41, 5.74) is 1.18. The zero-order valence-electron chi connectivity index (χ0n) is 12.6. The molecule has 1 aliphatic heterocycles. The highest BCUT2D eigenvalue weighted by molar-refractivity contribution is 9.10. The van der Waals surface area contributed by atoms with Crippen molar-refractivity contribution in [1.82, 2.24) is 9.80 Å². The highest BCUT2D eigenvalue weighted by atomic mass is 79.9. The topological polar surface area (TPSA) is 18.5 Å². The zero-order valence-corrected chi connectivity index (χ0v) is 14.2. The summed E-state index contributed by atoms with van der Waals surface area (Å²) in [5.74, 6) is 0. The van der Waals surface area contributed by atoms with E-state index >= 15 is 0 Å². The van der Waals surface area contributed by atoms with Gasteiger partial charge in [0.1, 0.15) is 0 Å². The van der Waals surface area contributed by atoms with E-state index in [0.717, 1.165) is 23.6 Å². The lowest BCUT2D eigenvalue weighted by Gasteiger charge is -2.36. The van der Waals surface area contributed by atoms with Gasteiger partial charge in [-0.3, -0.25) is 0 Å². The van der Waals surface area contributed by atoms with Gasteiger partial charge >= 0.3 is 0 Å². The van der Waals surface area contributed by atoms with Gasteiger partial charge in [0.25, 0.3) is 0 Å². The maximum atomic E-state index is 3.57. The molecule has 4 heteroatoms. The minimum absolute atomic E-state index is 0.749. The Morgan fingerprint density at radius 2 is 2.00 bits per heavy atom. The first-order valence-electron chi connectivity index (χ1n) is 7.61. The Balaban J connectivity index is 1.70. The van der Waals surface area contributed by atoms with E-state index in [-0.39, 0.29) is 0 Å². The van der Waals surface area contributed by atoms with Gasteiger partial charge < -0.3 is 15.1 Å². The summed E-state index contributed by atoms with van der Waals surface area (Å²) < 4.78 is 1.14. The van der Waals surface area contributed by atoms with Crippen molar-refractivity contribution in [3.63, 3.8) is 0 Å². The van der Waals surface area contributed by atoms with Crippen molar-refractivity contribution in [1.29, 1.82) is 0 Å². The first kappa shape index (κ1) is 15.8. The average Bonchev–Trinajstić information content (AvgIpc) is 2.49. The largest absolute Gasteiger partial charge is 0.383 e. The summed E-state index contributed by atoms with van der Waals surface area (Å²) in [6.07, 6.45) is 2.61. The standard InChI is InChI=1S/C16H26BrN3/c1-3-20-11-8-14(9-12-20)19(2)13-10-18-16-7-5-4-6-15(16)17/h4-7,14,18H,3,8-13H2,1-2H3. The first-order chi connectivity index (χ1) is 9.70. The number of nitrogens with zero attached hydrogens (tertiary/aromatic N) is 2. The SMILES string of the molecule is CCN1CCC(N(C)CCNc2ccccc2Br)CC1. The number of nitrogens with one attached hydrogen (secondary N) is 1. The van der Waals surface area contributed by atoms with Crippen LogP contribution in [0.4, 0.5) is 5.69 Å². The van der Waals surface area contributed by atoms with Gasteiger partial charge in [0.15, 0.2) is 0 Å². The van der Waals surface area contributed by atoms with Gasteiger partial charge in [-0.2, -0.15) is 0 Å². The normalized spacial score (nSPS) is 17.6. The van der Waals surface area contributed by atoms with Crippen molar-refractivity contribution in [3.05, 3.63) is 28.7 Å². The number of hydrogen-bond acceptors (Lipinski definition) is 3. The van der Waals surface area contributed by atoms with Crippen LogP contribution in [0.5, 0.6) is 0 Å². The predicted molar refractivity (Wildman–Crippen MR) is 90.4 cm³/mol. The average molecular weight is 340 g/mol. The van der Waals surface area contributed by atoms with Gasteiger partial charge in [0, 0.05) is 29.3 Å². The third-order valence-electron chi connectivity index (χ3n) is 4.28. The summed E-state index contributed by atoms with van der Waals surface area (Å²) in [6, 6.07) is 9.05. The molecule has 0 unspecified atom stereocenters. The summed E-state index contributed by atoms with van der Waals surface area (Å²) in [7, 11) is 2.26. The lowest BCUT2D eigenvalue weighted by molar-refractivity contribution is 0.135. The van der Waals surface area contributed by atoms with Crippen LogP contribution in [0, 0.1) is 0 Å². The summed E-state index contributed by atoms with van der Waals surface area (Å²) in [4.78, 5) is 5.06. The smallest absolute Gasteiger partial charge is 0.0485 e. The fourth-order valence-corrected chi connectivity index (χ4v) is 3.26. The van der Waals surface area contributed by atoms with Crippen molar-refractivity contribution in [2.24, 2.45) is 0 Å². The molecule has 0 aromatic heterocycles. The molecule has 112 valence electrons. The van der Waals surface area contributed by atoms with Crippen molar-refractivity contribution in [2.75, 3.05) is 45.1 Å². The van der Waals surface area contributed by atoms with E-state index in [1.54, 1.807) is 0 Å². The minimum Gasteiger partial charge on any atom is -0.383 e. The van der Waals surface area contributed by atoms with E-state index in [1.807, 2.05) is 6.07 Å². The number of likely N-dealkylation sites (N-methyl/N-ethyl adjacent to an activating group) is 1. The molecule has 0 bridgehead atoms. The van der Waals surface area contributed by atoms with E-state index in [2.05, 4.69) is 63.2 Å². The molecule has 0 amide bonds. The first-order valence-corrected chi connectivity index (χ1v) is 8.41. The number of halogens is 1. The lowest BCUT2D eigenvalue weighted by Crippen LogP contribution is -2.44. The van der Waals surface area contributed by atoms with Crippen LogP contribution in [0.15, 0.2) is 28.7 Å². The van der Waals surface area contributed by atoms with Crippen LogP contribution in [0.3, 0.4) is 0 Å². The highest BCUT2D eigenvalue weighted by Crippen LogP contribution is 2.21. The van der Waals surface area contributed by atoms with Gasteiger partial charge in [0.2, 0.25) is 0 Å². The molecule has 0 spiro atoms. The Bertz CT molecular complexity index is 402. The molecule has 0 atom stereocenters. The Kier molecular flexibility index (Phi) is 6.33. The molecule has 0 saturated carbocycles. The molecule has 0 aliphatic carbocycles. The summed E-state index contributed by atoms with van der Waals surface area (Å²) in [6.45, 7) is 8.04. The molecule has 0 radical (unpaired) electrons. The van der Waals surface area contributed by atoms with E-state index in [0.29, 0.717) is 0 Å². The van der Waals surface area contributed by atoms with E-state index in [4.69, 9.17) is 0 Å². The zero-order chi connectivity index (χ0) is 14.4. The van der Waals surface area contributed by atoms with E-state index in [1.165, 1.54) is 38.2 Å². The van der Waals surface area contributed by atoms with Crippen LogP contribution in [-0.4, -0.2) is 55.6 Å². The second-order valence-electron chi connectivity index (χ2n) is 5.55. The third-order valence-corrected chi connectivity index (χ3v) is 4.97. The maximum Gasteiger partial charge on any atom is 0.0485 e. The highest BCUT2D eigenvalue weighted by Gasteiger charge is 2.20. The summed E-state index contributed by atoms with van der Waals surface area (Å²) >= 11 is 3.57. The van der Waals surface area contributed by atoms with Gasteiger partial charge in [-0.1, -0.05) is 19.1 Å². The monoisotopic (exact) mass is 339 g/mol. The summed E-state index contributed by atoms with van der Waals surface area (Å²) in [5, 5.41) is 3.50. The molecule has 3 nitrogen and oxygen atoms in total. The maximum absolute atomic E-state index is 3.57. The molecule has 1 fully saturated rings. The number of piperidine rings is 1. The number of likely N-dealkylation sites (tertiary alicyclic amines) is 1. The molecule has 2 rings (SSSR count). The number of hydrogen-bond donors (Lipinski definition) is 1. The van der Waals surface area contributed by atoms with Crippen LogP contribution < -0.4 is 5.32 Å². The van der Waals surface area contributed by atoms with Crippen molar-refractivity contribution < 1.29 is 0 Å². The molecule has 1 N–H and O–H groups in total. The molecular formula is C16H26BrN3. The predicted octanol–water partition coefficient (Wildman–Crippen LogP) is 3.28. The van der Waals surface area contributed by atoms with Crippen molar-refractivity contribution in [3.8, 4) is 0 Å². The molecule has 1 saturated heterocycles. The van der Waals surface area contributed by atoms with E-state index in [9.17, 15) is 0 Å². The molecule has 20 heavy (non-hydrogen) atoms. The molecule has 1 aromatic rings. The van der Waals surface area contributed by atoms with Crippen LogP contribution in [-0.2, 0) is 0 Å². The van der Waals surface area contributed by atoms with Gasteiger partial charge in [-0.05, 0) is 67.6 Å². The fraction of sp³-hybridized carbons (Fsp3) is 0.625. The Morgan fingerprint density at radius 1 is 1.30 bits per heavy atom. The Morgan fingerprint density at radius 3 is 2.65 bits per heavy atom. The van der Waals surface area contributed by atoms with E-state index < -0.39 is 0 Å². The second-order valence-corrected chi connectivity index (χ2v) is 6.41. The third kappa shape index (κ3) is 4.47. The molecule has 1 aliphatic rings. The number of benzene rings is 1. The van der Waals surface area contributed by atoms with Crippen LogP contribution in [0.2, 0.25) is 0 Å². The van der Waals surface area contributed by atoms with Gasteiger partial charge in [-0.25, -0.2) is 0 Å². The second kappa shape index (κ2) is 8.01. The molecule has 1 aromatic carbocycles. The van der Waals surface area contributed by atoms with Crippen LogP contribution in [0.1, 0.15) is 19.8 Å². The quantitative estimate of drug-likeness (QED) is 0.857. The minimum atomic E-state index is 0.749. The molecule has 1 heterocycles. The molecular weight excluding hydrogens is 314 g/mol. The number of para-hydroxylation sites is 1. The van der Waals surface area contributed by atoms with Crippen LogP contribution in [0.25, 0.3) is 0 Å². The van der Waals surface area contributed by atoms with Crippen molar-refractivity contribution >= 4 is 21.6 Å². The van der Waals surface area contributed by atoms with Crippen LogP contribution >= 0.6 is 15.9 Å². The van der Waals surface area contributed by atoms with Crippen molar-refractivity contribution in [2.45, 2.75) is 25.8 Å². The lowest BCUT2D eigenvalue weighted by atomic mass is 10.0. The van der Waals surface area contributed by atoms with Gasteiger partial charge in [0.05, 0.1) is 0 Å².